The van der Waals surface area contributed by atoms with Gasteiger partial charge in [-0.2, -0.15) is 0 Å². The van der Waals surface area contributed by atoms with Crippen molar-refractivity contribution >= 4 is 27.3 Å². The number of benzene rings is 2. The Bertz CT molecular complexity index is 826. The Morgan fingerprint density at radius 3 is 2.08 bits per heavy atom. The van der Waals surface area contributed by atoms with Crippen molar-refractivity contribution in [2.75, 3.05) is 16.7 Å². The van der Waals surface area contributed by atoms with Gasteiger partial charge >= 0.3 is 0 Å². The number of sulfonamides is 1. The van der Waals surface area contributed by atoms with E-state index in [0.717, 1.165) is 12.0 Å². The lowest BCUT2D eigenvalue weighted by molar-refractivity contribution is -0.116. The van der Waals surface area contributed by atoms with Gasteiger partial charge in [0, 0.05) is 25.3 Å². The van der Waals surface area contributed by atoms with Crippen LogP contribution in [0.4, 0.5) is 11.4 Å². The summed E-state index contributed by atoms with van der Waals surface area (Å²) in [7, 11) is -1.97. The standard InChI is InChI=1S/C19H24N2O3S/c1-14(2)13-16-5-11-19(12-6-16)25(23,24)20-17-7-9-18(10-8-17)21(4)15(3)22/h5-12,14,20H,13H2,1-4H3. The molecule has 6 heteroatoms. The average Bonchev–Trinajstić information content (AvgIpc) is 2.54. The molecule has 2 rings (SSSR count). The van der Waals surface area contributed by atoms with Gasteiger partial charge in [0.05, 0.1) is 4.90 Å². The smallest absolute Gasteiger partial charge is 0.261 e. The molecule has 0 spiro atoms. The fourth-order valence-electron chi connectivity index (χ4n) is 2.43. The second kappa shape index (κ2) is 7.70. The third-order valence-electron chi connectivity index (χ3n) is 3.86. The van der Waals surface area contributed by atoms with Gasteiger partial charge in [-0.25, -0.2) is 8.42 Å². The first-order chi connectivity index (χ1) is 11.7. The van der Waals surface area contributed by atoms with Crippen molar-refractivity contribution in [3.63, 3.8) is 0 Å². The van der Waals surface area contributed by atoms with Crippen molar-refractivity contribution in [3.05, 3.63) is 54.1 Å². The first-order valence-electron chi connectivity index (χ1n) is 8.15. The Morgan fingerprint density at radius 2 is 1.60 bits per heavy atom. The van der Waals surface area contributed by atoms with Crippen LogP contribution in [-0.2, 0) is 21.2 Å². The van der Waals surface area contributed by atoms with Crippen molar-refractivity contribution in [2.45, 2.75) is 32.1 Å². The lowest BCUT2D eigenvalue weighted by atomic mass is 10.0. The highest BCUT2D eigenvalue weighted by Gasteiger charge is 2.14. The van der Waals surface area contributed by atoms with Crippen LogP contribution >= 0.6 is 0 Å². The van der Waals surface area contributed by atoms with E-state index in [-0.39, 0.29) is 10.8 Å². The summed E-state index contributed by atoms with van der Waals surface area (Å²) < 4.78 is 27.5. The monoisotopic (exact) mass is 360 g/mol. The van der Waals surface area contributed by atoms with Crippen molar-refractivity contribution in [3.8, 4) is 0 Å². The average molecular weight is 360 g/mol. The predicted octanol–water partition coefficient (Wildman–Crippen LogP) is 3.67. The molecule has 0 saturated heterocycles. The fourth-order valence-corrected chi connectivity index (χ4v) is 3.48. The van der Waals surface area contributed by atoms with E-state index in [4.69, 9.17) is 0 Å². The molecule has 2 aromatic rings. The molecule has 0 aliphatic carbocycles. The van der Waals surface area contributed by atoms with Crippen LogP contribution in [0.15, 0.2) is 53.4 Å². The zero-order chi connectivity index (χ0) is 18.6. The number of hydrogen-bond acceptors (Lipinski definition) is 3. The molecule has 0 bridgehead atoms. The lowest BCUT2D eigenvalue weighted by Crippen LogP contribution is -2.22. The highest BCUT2D eigenvalue weighted by Crippen LogP contribution is 2.21. The molecule has 5 nitrogen and oxygen atoms in total. The Kier molecular flexibility index (Phi) is 5.85. The summed E-state index contributed by atoms with van der Waals surface area (Å²) in [6.07, 6.45) is 0.916. The Morgan fingerprint density at radius 1 is 1.04 bits per heavy atom. The van der Waals surface area contributed by atoms with Crippen molar-refractivity contribution in [2.24, 2.45) is 5.92 Å². The van der Waals surface area contributed by atoms with E-state index < -0.39 is 10.0 Å². The summed E-state index contributed by atoms with van der Waals surface area (Å²) in [6, 6.07) is 13.6. The number of nitrogens with one attached hydrogen (secondary N) is 1. The molecule has 0 heterocycles. The van der Waals surface area contributed by atoms with E-state index in [9.17, 15) is 13.2 Å². The number of carbonyl (C=O) groups is 1. The molecule has 0 fully saturated rings. The summed E-state index contributed by atoms with van der Waals surface area (Å²) in [5, 5.41) is 0. The maximum atomic E-state index is 12.5. The first-order valence-corrected chi connectivity index (χ1v) is 9.63. The van der Waals surface area contributed by atoms with E-state index in [2.05, 4.69) is 18.6 Å². The van der Waals surface area contributed by atoms with Gasteiger partial charge in [0.25, 0.3) is 10.0 Å². The van der Waals surface area contributed by atoms with Gasteiger partial charge in [0.2, 0.25) is 5.91 Å². The van der Waals surface area contributed by atoms with Crippen LogP contribution in [0.25, 0.3) is 0 Å². The largest absolute Gasteiger partial charge is 0.316 e. The fraction of sp³-hybridized carbons (Fsp3) is 0.316. The molecule has 0 unspecified atom stereocenters. The predicted molar refractivity (Wildman–Crippen MR) is 101 cm³/mol. The van der Waals surface area contributed by atoms with Crippen molar-refractivity contribution in [1.82, 2.24) is 0 Å². The molecule has 0 saturated carbocycles. The molecule has 1 N–H and O–H groups in total. The molecular weight excluding hydrogens is 336 g/mol. The van der Waals surface area contributed by atoms with Crippen LogP contribution in [0.3, 0.4) is 0 Å². The number of carbonyl (C=O) groups excluding carboxylic acids is 1. The van der Waals surface area contributed by atoms with E-state index in [1.165, 1.54) is 11.8 Å². The van der Waals surface area contributed by atoms with Gasteiger partial charge < -0.3 is 4.90 Å². The summed E-state index contributed by atoms with van der Waals surface area (Å²) >= 11 is 0. The summed E-state index contributed by atoms with van der Waals surface area (Å²) in [5.41, 5.74) is 2.27. The number of nitrogens with zero attached hydrogens (tertiary/aromatic N) is 1. The summed E-state index contributed by atoms with van der Waals surface area (Å²) in [6.45, 7) is 5.72. The van der Waals surface area contributed by atoms with E-state index in [0.29, 0.717) is 17.3 Å². The van der Waals surface area contributed by atoms with E-state index in [1.54, 1.807) is 43.4 Å². The number of rotatable bonds is 6. The minimum absolute atomic E-state index is 0.0881. The van der Waals surface area contributed by atoms with Crippen LogP contribution < -0.4 is 9.62 Å². The molecule has 134 valence electrons. The van der Waals surface area contributed by atoms with E-state index >= 15 is 0 Å². The molecule has 0 aliphatic rings. The van der Waals surface area contributed by atoms with Crippen LogP contribution in [0.5, 0.6) is 0 Å². The number of anilines is 2. The van der Waals surface area contributed by atoms with Crippen LogP contribution in [0, 0.1) is 5.92 Å². The van der Waals surface area contributed by atoms with Gasteiger partial charge in [-0.1, -0.05) is 26.0 Å². The molecule has 1 amide bonds. The van der Waals surface area contributed by atoms with Crippen LogP contribution in [-0.4, -0.2) is 21.4 Å². The highest BCUT2D eigenvalue weighted by molar-refractivity contribution is 7.92. The zero-order valence-electron chi connectivity index (χ0n) is 15.0. The van der Waals surface area contributed by atoms with Gasteiger partial charge in [-0.3, -0.25) is 9.52 Å². The molecule has 0 aliphatic heterocycles. The van der Waals surface area contributed by atoms with Gasteiger partial charge in [0.15, 0.2) is 0 Å². The van der Waals surface area contributed by atoms with Crippen LogP contribution in [0.2, 0.25) is 0 Å². The quantitative estimate of drug-likeness (QED) is 0.855. The molecule has 25 heavy (non-hydrogen) atoms. The lowest BCUT2D eigenvalue weighted by Gasteiger charge is -2.15. The topological polar surface area (TPSA) is 66.5 Å². The summed E-state index contributed by atoms with van der Waals surface area (Å²) in [4.78, 5) is 13.1. The molecule has 0 atom stereocenters. The molecule has 0 radical (unpaired) electrons. The Labute approximate surface area is 149 Å². The maximum absolute atomic E-state index is 12.5. The van der Waals surface area contributed by atoms with Gasteiger partial charge in [-0.05, 0) is 54.3 Å². The number of amides is 1. The molecule has 0 aromatic heterocycles. The number of hydrogen-bond donors (Lipinski definition) is 1. The zero-order valence-corrected chi connectivity index (χ0v) is 15.8. The van der Waals surface area contributed by atoms with E-state index in [1.807, 2.05) is 12.1 Å². The third kappa shape index (κ3) is 5.06. The van der Waals surface area contributed by atoms with Gasteiger partial charge in [0.1, 0.15) is 0 Å². The Balaban J connectivity index is 2.14. The SMILES string of the molecule is CC(=O)N(C)c1ccc(NS(=O)(=O)c2ccc(CC(C)C)cc2)cc1. The summed E-state index contributed by atoms with van der Waals surface area (Å²) in [5.74, 6) is 0.432. The first kappa shape index (κ1) is 19.0. The van der Waals surface area contributed by atoms with Crippen molar-refractivity contribution in [1.29, 1.82) is 0 Å². The minimum Gasteiger partial charge on any atom is -0.316 e. The second-order valence-electron chi connectivity index (χ2n) is 6.47. The van der Waals surface area contributed by atoms with Crippen molar-refractivity contribution < 1.29 is 13.2 Å². The maximum Gasteiger partial charge on any atom is 0.261 e. The Hall–Kier alpha value is -2.34. The minimum atomic E-state index is -3.64. The highest BCUT2D eigenvalue weighted by atomic mass is 32.2. The molecular formula is C19H24N2O3S. The van der Waals surface area contributed by atoms with Crippen LogP contribution in [0.1, 0.15) is 26.3 Å². The molecule has 2 aromatic carbocycles. The second-order valence-corrected chi connectivity index (χ2v) is 8.15. The third-order valence-corrected chi connectivity index (χ3v) is 5.25. The normalized spacial score (nSPS) is 11.4. The van der Waals surface area contributed by atoms with Gasteiger partial charge in [-0.15, -0.1) is 0 Å².